The summed E-state index contributed by atoms with van der Waals surface area (Å²) in [5.74, 6) is 0.580. The zero-order valence-corrected chi connectivity index (χ0v) is 6.46. The molecule has 0 bridgehead atoms. The monoisotopic (exact) mass is 128 g/mol. The molecule has 0 amide bonds. The molecule has 1 N–H and O–H groups in total. The Balaban J connectivity index is 3.38. The molecular formula is C8H16O. The second-order valence-corrected chi connectivity index (χ2v) is 2.72. The van der Waals surface area contributed by atoms with Crippen molar-refractivity contribution in [3.8, 4) is 0 Å². The minimum Gasteiger partial charge on any atom is -0.389 e. The van der Waals surface area contributed by atoms with Crippen LogP contribution in [-0.4, -0.2) is 11.2 Å². The average Bonchev–Trinajstić information content (AvgIpc) is 1.63. The van der Waals surface area contributed by atoms with Gasteiger partial charge in [0, 0.05) is 0 Å². The van der Waals surface area contributed by atoms with Crippen molar-refractivity contribution in [2.24, 2.45) is 5.92 Å². The molecule has 0 aromatic carbocycles. The molecule has 0 rings (SSSR count). The fourth-order valence-corrected chi connectivity index (χ4v) is 0.784. The molecule has 0 saturated heterocycles. The van der Waals surface area contributed by atoms with E-state index < -0.39 is 0 Å². The number of rotatable bonds is 3. The molecule has 0 aliphatic carbocycles. The van der Waals surface area contributed by atoms with Crippen molar-refractivity contribution >= 4 is 0 Å². The maximum Gasteiger partial charge on any atom is 0.0723 e. The summed E-state index contributed by atoms with van der Waals surface area (Å²) in [6, 6.07) is 0. The number of aliphatic hydroxyl groups excluding tert-OH is 1. The van der Waals surface area contributed by atoms with Gasteiger partial charge in [-0.1, -0.05) is 26.0 Å². The van der Waals surface area contributed by atoms with E-state index in [1.807, 2.05) is 19.1 Å². The van der Waals surface area contributed by atoms with Gasteiger partial charge in [-0.05, 0) is 19.3 Å². The molecule has 0 radical (unpaired) electrons. The molecule has 0 aliphatic rings. The normalized spacial score (nSPS) is 15.2. The first-order valence-corrected chi connectivity index (χ1v) is 3.47. The summed E-state index contributed by atoms with van der Waals surface area (Å²) in [5, 5.41) is 9.13. The van der Waals surface area contributed by atoms with Gasteiger partial charge in [-0.15, -0.1) is 0 Å². The lowest BCUT2D eigenvalue weighted by Gasteiger charge is -2.06. The zero-order valence-electron chi connectivity index (χ0n) is 6.46. The Bertz CT molecular complexity index is 84.6. The number of allylic oxidation sites excluding steroid dienone is 1. The van der Waals surface area contributed by atoms with Crippen LogP contribution in [-0.2, 0) is 0 Å². The van der Waals surface area contributed by atoms with E-state index in [4.69, 9.17) is 5.11 Å². The first-order chi connectivity index (χ1) is 4.16. The molecule has 9 heavy (non-hydrogen) atoms. The highest BCUT2D eigenvalue weighted by Gasteiger charge is 2.00. The van der Waals surface area contributed by atoms with Gasteiger partial charge in [0.1, 0.15) is 0 Å². The number of hydrogen-bond acceptors (Lipinski definition) is 1. The highest BCUT2D eigenvalue weighted by molar-refractivity contribution is 4.85. The lowest BCUT2D eigenvalue weighted by molar-refractivity contribution is 0.195. The van der Waals surface area contributed by atoms with Gasteiger partial charge in [-0.2, -0.15) is 0 Å². The summed E-state index contributed by atoms with van der Waals surface area (Å²) in [4.78, 5) is 0. The van der Waals surface area contributed by atoms with Gasteiger partial charge >= 0.3 is 0 Å². The first-order valence-electron chi connectivity index (χ1n) is 3.47. The third-order valence-electron chi connectivity index (χ3n) is 1.13. The van der Waals surface area contributed by atoms with E-state index in [9.17, 15) is 0 Å². The van der Waals surface area contributed by atoms with Gasteiger partial charge in [0.15, 0.2) is 0 Å². The quantitative estimate of drug-likeness (QED) is 0.576. The third kappa shape index (κ3) is 5.57. The molecule has 0 spiro atoms. The van der Waals surface area contributed by atoms with E-state index in [1.165, 1.54) is 0 Å². The van der Waals surface area contributed by atoms with Gasteiger partial charge in [-0.3, -0.25) is 0 Å². The van der Waals surface area contributed by atoms with Gasteiger partial charge < -0.3 is 5.11 Å². The summed E-state index contributed by atoms with van der Waals surface area (Å²) >= 11 is 0. The molecular weight excluding hydrogens is 112 g/mol. The molecule has 0 aromatic heterocycles. The Morgan fingerprint density at radius 3 is 2.33 bits per heavy atom. The Labute approximate surface area is 57.4 Å². The third-order valence-corrected chi connectivity index (χ3v) is 1.13. The summed E-state index contributed by atoms with van der Waals surface area (Å²) < 4.78 is 0. The van der Waals surface area contributed by atoms with E-state index in [-0.39, 0.29) is 6.10 Å². The largest absolute Gasteiger partial charge is 0.389 e. The van der Waals surface area contributed by atoms with Crippen molar-refractivity contribution in [1.29, 1.82) is 0 Å². The van der Waals surface area contributed by atoms with Crippen LogP contribution in [0.15, 0.2) is 12.2 Å². The SMILES string of the molecule is C/C=C/[C@@H](O)CC(C)C. The fourth-order valence-electron chi connectivity index (χ4n) is 0.784. The van der Waals surface area contributed by atoms with Gasteiger partial charge in [-0.25, -0.2) is 0 Å². The van der Waals surface area contributed by atoms with Crippen LogP contribution in [0.2, 0.25) is 0 Å². The summed E-state index contributed by atoms with van der Waals surface area (Å²) in [5.41, 5.74) is 0. The van der Waals surface area contributed by atoms with Crippen LogP contribution >= 0.6 is 0 Å². The topological polar surface area (TPSA) is 20.2 Å². The highest BCUT2D eigenvalue weighted by Crippen LogP contribution is 2.04. The van der Waals surface area contributed by atoms with Crippen molar-refractivity contribution in [2.45, 2.75) is 33.3 Å². The molecule has 0 aromatic rings. The van der Waals surface area contributed by atoms with E-state index in [2.05, 4.69) is 13.8 Å². The molecule has 0 heterocycles. The maximum absolute atomic E-state index is 9.13. The Morgan fingerprint density at radius 2 is 2.00 bits per heavy atom. The summed E-state index contributed by atoms with van der Waals surface area (Å²) in [6.45, 7) is 6.13. The second kappa shape index (κ2) is 4.57. The van der Waals surface area contributed by atoms with Crippen LogP contribution in [0.3, 0.4) is 0 Å². The van der Waals surface area contributed by atoms with Crippen LogP contribution < -0.4 is 0 Å². The molecule has 54 valence electrons. The van der Waals surface area contributed by atoms with Gasteiger partial charge in [0.2, 0.25) is 0 Å². The summed E-state index contributed by atoms with van der Waals surface area (Å²) in [6.07, 6.45) is 4.33. The predicted molar refractivity (Wildman–Crippen MR) is 40.3 cm³/mol. The van der Waals surface area contributed by atoms with Crippen LogP contribution in [0, 0.1) is 5.92 Å². The number of hydrogen-bond donors (Lipinski definition) is 1. The minimum atomic E-state index is -0.241. The zero-order chi connectivity index (χ0) is 7.28. The van der Waals surface area contributed by atoms with Crippen LogP contribution in [0.5, 0.6) is 0 Å². The molecule has 0 fully saturated rings. The smallest absolute Gasteiger partial charge is 0.0723 e. The molecule has 1 nitrogen and oxygen atoms in total. The fraction of sp³-hybridized carbons (Fsp3) is 0.750. The van der Waals surface area contributed by atoms with Crippen LogP contribution in [0.25, 0.3) is 0 Å². The van der Waals surface area contributed by atoms with E-state index in [0.29, 0.717) is 5.92 Å². The average molecular weight is 128 g/mol. The predicted octanol–water partition coefficient (Wildman–Crippen LogP) is 1.97. The molecule has 1 atom stereocenters. The van der Waals surface area contributed by atoms with E-state index >= 15 is 0 Å². The molecule has 0 unspecified atom stereocenters. The van der Waals surface area contributed by atoms with Crippen molar-refractivity contribution in [3.05, 3.63) is 12.2 Å². The van der Waals surface area contributed by atoms with Crippen LogP contribution in [0.4, 0.5) is 0 Å². The first kappa shape index (κ1) is 8.70. The standard InChI is InChI=1S/C8H16O/c1-4-5-8(9)6-7(2)3/h4-5,7-9H,6H2,1-3H3/b5-4+/t8-/m1/s1. The van der Waals surface area contributed by atoms with Crippen molar-refractivity contribution < 1.29 is 5.11 Å². The van der Waals surface area contributed by atoms with Crippen molar-refractivity contribution in [2.75, 3.05) is 0 Å². The van der Waals surface area contributed by atoms with Crippen LogP contribution in [0.1, 0.15) is 27.2 Å². The lowest BCUT2D eigenvalue weighted by atomic mass is 10.1. The van der Waals surface area contributed by atoms with Crippen molar-refractivity contribution in [3.63, 3.8) is 0 Å². The number of aliphatic hydroxyl groups is 1. The summed E-state index contributed by atoms with van der Waals surface area (Å²) in [7, 11) is 0. The second-order valence-electron chi connectivity index (χ2n) is 2.72. The Hall–Kier alpha value is -0.300. The highest BCUT2D eigenvalue weighted by atomic mass is 16.3. The maximum atomic E-state index is 9.13. The Kier molecular flexibility index (Phi) is 4.41. The molecule has 1 heteroatoms. The Morgan fingerprint density at radius 1 is 1.44 bits per heavy atom. The van der Waals surface area contributed by atoms with Gasteiger partial charge in [0.05, 0.1) is 6.10 Å². The lowest BCUT2D eigenvalue weighted by Crippen LogP contribution is -2.05. The minimum absolute atomic E-state index is 0.241. The molecule has 0 aliphatic heterocycles. The molecule has 0 saturated carbocycles. The van der Waals surface area contributed by atoms with E-state index in [1.54, 1.807) is 0 Å². The van der Waals surface area contributed by atoms with Gasteiger partial charge in [0.25, 0.3) is 0 Å². The van der Waals surface area contributed by atoms with E-state index in [0.717, 1.165) is 6.42 Å². The van der Waals surface area contributed by atoms with Crippen molar-refractivity contribution in [1.82, 2.24) is 0 Å².